The minimum atomic E-state index is -0.207. The fourth-order valence-corrected chi connectivity index (χ4v) is 1.81. The molecular formula is C9H11N5O2S. The van der Waals surface area contributed by atoms with Crippen LogP contribution in [0, 0.1) is 6.92 Å². The van der Waals surface area contributed by atoms with Gasteiger partial charge in [-0.15, -0.1) is 5.10 Å². The van der Waals surface area contributed by atoms with Crippen LogP contribution >= 0.6 is 11.5 Å². The third-order valence-electron chi connectivity index (χ3n) is 2.18. The number of hydrogen-bond acceptors (Lipinski definition) is 7. The molecule has 0 aliphatic carbocycles. The van der Waals surface area contributed by atoms with Crippen LogP contribution in [0.1, 0.15) is 11.4 Å². The van der Waals surface area contributed by atoms with Crippen LogP contribution < -0.4 is 16.0 Å². The topological polar surface area (TPSA) is 95.9 Å². The highest BCUT2D eigenvalue weighted by Crippen LogP contribution is 2.15. The molecule has 2 N–H and O–H groups in total. The van der Waals surface area contributed by atoms with E-state index in [4.69, 9.17) is 10.5 Å². The molecule has 0 fully saturated rings. The van der Waals surface area contributed by atoms with Crippen molar-refractivity contribution >= 4 is 16.5 Å². The summed E-state index contributed by atoms with van der Waals surface area (Å²) in [5.74, 6) is 0. The summed E-state index contributed by atoms with van der Waals surface area (Å²) in [5, 5.41) is 4.34. The lowest BCUT2D eigenvalue weighted by Gasteiger charge is -2.09. The number of nitrogens with zero attached hydrogens (tertiary/aromatic N) is 4. The first-order valence-corrected chi connectivity index (χ1v) is 5.58. The molecule has 2 heterocycles. The number of ether oxygens (including phenoxy) is 1. The third-order valence-corrected chi connectivity index (χ3v) is 2.77. The summed E-state index contributed by atoms with van der Waals surface area (Å²) in [7, 11) is 1.46. The standard InChI is InChI=1S/C9H11N5O2S/c1-5-3-7(15)14(9(11-5)16-2)4-6-8(10)17-13-12-6/h3H,4,10H2,1-2H3. The molecule has 0 aliphatic heterocycles. The Morgan fingerprint density at radius 3 is 2.94 bits per heavy atom. The highest BCUT2D eigenvalue weighted by molar-refractivity contribution is 7.09. The number of nitrogens with two attached hydrogens (primary N) is 1. The molecule has 0 radical (unpaired) electrons. The largest absolute Gasteiger partial charge is 0.468 e. The summed E-state index contributed by atoms with van der Waals surface area (Å²) in [6, 6.07) is 1.67. The maximum atomic E-state index is 11.8. The molecule has 2 rings (SSSR count). The van der Waals surface area contributed by atoms with Gasteiger partial charge in [-0.25, -0.2) is 4.98 Å². The Hall–Kier alpha value is -1.96. The van der Waals surface area contributed by atoms with Gasteiger partial charge in [-0.05, 0) is 6.92 Å². The second-order valence-electron chi connectivity index (χ2n) is 3.39. The van der Waals surface area contributed by atoms with Crippen LogP contribution in [0.5, 0.6) is 6.01 Å². The first-order chi connectivity index (χ1) is 8.11. The summed E-state index contributed by atoms with van der Waals surface area (Å²) in [6.45, 7) is 1.94. The van der Waals surface area contributed by atoms with Crippen molar-refractivity contribution in [1.29, 1.82) is 0 Å². The Morgan fingerprint density at radius 1 is 1.59 bits per heavy atom. The van der Waals surface area contributed by atoms with Crippen LogP contribution in [0.15, 0.2) is 10.9 Å². The van der Waals surface area contributed by atoms with Gasteiger partial charge in [0.25, 0.3) is 11.6 Å². The zero-order valence-corrected chi connectivity index (χ0v) is 10.2. The second-order valence-corrected chi connectivity index (χ2v) is 4.18. The van der Waals surface area contributed by atoms with Gasteiger partial charge in [-0.2, -0.15) is 0 Å². The summed E-state index contributed by atoms with van der Waals surface area (Å²) in [5.41, 5.74) is 6.62. The molecular weight excluding hydrogens is 242 g/mol. The van der Waals surface area contributed by atoms with Crippen LogP contribution in [0.3, 0.4) is 0 Å². The normalized spacial score (nSPS) is 10.5. The van der Waals surface area contributed by atoms with Crippen molar-refractivity contribution in [2.45, 2.75) is 13.5 Å². The predicted molar refractivity (Wildman–Crippen MR) is 63.2 cm³/mol. The summed E-state index contributed by atoms with van der Waals surface area (Å²) in [6.07, 6.45) is 0. The van der Waals surface area contributed by atoms with Crippen LogP contribution in [0.25, 0.3) is 0 Å². The zero-order valence-electron chi connectivity index (χ0n) is 9.38. The predicted octanol–water partition coefficient (Wildman–Crippen LogP) is 0.0423. The first-order valence-electron chi connectivity index (χ1n) is 4.81. The van der Waals surface area contributed by atoms with Crippen LogP contribution in [0.4, 0.5) is 5.00 Å². The molecule has 0 saturated carbocycles. The van der Waals surface area contributed by atoms with E-state index in [0.717, 1.165) is 11.5 Å². The smallest absolute Gasteiger partial charge is 0.299 e. The Labute approximate surface area is 101 Å². The lowest BCUT2D eigenvalue weighted by atomic mass is 10.4. The van der Waals surface area contributed by atoms with E-state index in [0.29, 0.717) is 16.4 Å². The summed E-state index contributed by atoms with van der Waals surface area (Å²) < 4.78 is 10.1. The van der Waals surface area contributed by atoms with Gasteiger partial charge in [0.15, 0.2) is 0 Å². The van der Waals surface area contributed by atoms with Gasteiger partial charge in [0.05, 0.1) is 13.7 Å². The maximum absolute atomic E-state index is 11.8. The minimum Gasteiger partial charge on any atom is -0.468 e. The molecule has 0 aliphatic rings. The number of rotatable bonds is 3. The number of anilines is 1. The molecule has 0 spiro atoms. The van der Waals surface area contributed by atoms with Crippen molar-refractivity contribution in [1.82, 2.24) is 19.1 Å². The molecule has 0 amide bonds. The average Bonchev–Trinajstić information content (AvgIpc) is 2.68. The molecule has 0 unspecified atom stereocenters. The number of hydrogen-bond donors (Lipinski definition) is 1. The summed E-state index contributed by atoms with van der Waals surface area (Å²) >= 11 is 1.09. The van der Waals surface area contributed by atoms with Crippen molar-refractivity contribution in [3.05, 3.63) is 27.8 Å². The monoisotopic (exact) mass is 253 g/mol. The molecule has 0 aromatic carbocycles. The fraction of sp³-hybridized carbons (Fsp3) is 0.333. The lowest BCUT2D eigenvalue weighted by molar-refractivity contribution is 0.349. The van der Waals surface area contributed by atoms with Gasteiger partial charge in [0, 0.05) is 23.3 Å². The van der Waals surface area contributed by atoms with E-state index in [1.807, 2.05) is 0 Å². The second kappa shape index (κ2) is 4.50. The van der Waals surface area contributed by atoms with E-state index in [-0.39, 0.29) is 18.1 Å². The molecule has 0 atom stereocenters. The average molecular weight is 253 g/mol. The highest BCUT2D eigenvalue weighted by atomic mass is 32.1. The molecule has 8 heteroatoms. The maximum Gasteiger partial charge on any atom is 0.299 e. The van der Waals surface area contributed by atoms with Crippen molar-refractivity contribution in [3.63, 3.8) is 0 Å². The van der Waals surface area contributed by atoms with Crippen LogP contribution in [-0.2, 0) is 6.54 Å². The molecule has 7 nitrogen and oxygen atoms in total. The van der Waals surface area contributed by atoms with E-state index in [9.17, 15) is 4.79 Å². The van der Waals surface area contributed by atoms with Gasteiger partial charge in [-0.1, -0.05) is 4.49 Å². The van der Waals surface area contributed by atoms with Crippen molar-refractivity contribution in [2.75, 3.05) is 12.8 Å². The molecule has 0 bridgehead atoms. The van der Waals surface area contributed by atoms with Gasteiger partial charge < -0.3 is 10.5 Å². The minimum absolute atomic E-state index is 0.206. The molecule has 2 aromatic rings. The highest BCUT2D eigenvalue weighted by Gasteiger charge is 2.11. The van der Waals surface area contributed by atoms with Crippen molar-refractivity contribution < 1.29 is 4.74 Å². The Balaban J connectivity index is 2.45. The van der Waals surface area contributed by atoms with Gasteiger partial charge in [0.1, 0.15) is 10.7 Å². The van der Waals surface area contributed by atoms with E-state index < -0.39 is 0 Å². The Kier molecular flexibility index (Phi) is 3.05. The fourth-order valence-electron chi connectivity index (χ4n) is 1.37. The quantitative estimate of drug-likeness (QED) is 0.829. The van der Waals surface area contributed by atoms with Crippen molar-refractivity contribution in [2.24, 2.45) is 0 Å². The zero-order chi connectivity index (χ0) is 12.4. The van der Waals surface area contributed by atoms with Crippen molar-refractivity contribution in [3.8, 4) is 6.01 Å². The number of nitrogen functional groups attached to an aromatic ring is 1. The summed E-state index contributed by atoms with van der Waals surface area (Å²) in [4.78, 5) is 15.9. The van der Waals surface area contributed by atoms with E-state index in [1.54, 1.807) is 6.92 Å². The van der Waals surface area contributed by atoms with E-state index in [1.165, 1.54) is 17.7 Å². The third kappa shape index (κ3) is 2.26. The SMILES string of the molecule is COc1nc(C)cc(=O)n1Cc1nnsc1N. The molecule has 90 valence electrons. The number of methoxy groups -OCH3 is 1. The Bertz CT molecular complexity index is 591. The van der Waals surface area contributed by atoms with Gasteiger partial charge in [-0.3, -0.25) is 9.36 Å². The molecule has 17 heavy (non-hydrogen) atoms. The van der Waals surface area contributed by atoms with Crippen LogP contribution in [0.2, 0.25) is 0 Å². The van der Waals surface area contributed by atoms with E-state index in [2.05, 4.69) is 14.6 Å². The Morgan fingerprint density at radius 2 is 2.35 bits per heavy atom. The van der Waals surface area contributed by atoms with Gasteiger partial charge >= 0.3 is 0 Å². The first kappa shape index (κ1) is 11.5. The number of aromatic nitrogens is 4. The number of aryl methyl sites for hydroxylation is 1. The van der Waals surface area contributed by atoms with Crippen LogP contribution in [-0.4, -0.2) is 26.2 Å². The lowest BCUT2D eigenvalue weighted by Crippen LogP contribution is -2.23. The molecule has 0 saturated heterocycles. The van der Waals surface area contributed by atoms with E-state index >= 15 is 0 Å². The van der Waals surface area contributed by atoms with Gasteiger partial charge in [0.2, 0.25) is 0 Å². The molecule has 2 aromatic heterocycles.